The first-order chi connectivity index (χ1) is 9.09. The zero-order valence-electron chi connectivity index (χ0n) is 11.1. The zero-order chi connectivity index (χ0) is 13.6. The number of aromatic nitrogens is 2. The van der Waals surface area contributed by atoms with Gasteiger partial charge in [0.2, 0.25) is 0 Å². The third-order valence-electron chi connectivity index (χ3n) is 3.65. The molecule has 0 unspecified atom stereocenters. The Labute approximate surface area is 111 Å². The number of para-hydroxylation sites is 1. The number of carboxylic acids is 1. The number of benzene rings is 1. The molecule has 0 aliphatic heterocycles. The minimum Gasteiger partial charge on any atom is -0.478 e. The van der Waals surface area contributed by atoms with Gasteiger partial charge in [0.1, 0.15) is 5.56 Å². The van der Waals surface area contributed by atoms with Crippen molar-refractivity contribution < 1.29 is 9.90 Å². The molecule has 19 heavy (non-hydrogen) atoms. The van der Waals surface area contributed by atoms with Crippen LogP contribution in [0.1, 0.15) is 45.9 Å². The van der Waals surface area contributed by atoms with E-state index < -0.39 is 5.97 Å². The second kappa shape index (κ2) is 4.23. The predicted molar refractivity (Wildman–Crippen MR) is 72.0 cm³/mol. The van der Waals surface area contributed by atoms with Gasteiger partial charge in [-0.2, -0.15) is 5.10 Å². The highest BCUT2D eigenvalue weighted by Gasteiger charge is 2.33. The average molecular weight is 256 g/mol. The van der Waals surface area contributed by atoms with E-state index in [2.05, 4.69) is 5.10 Å². The van der Waals surface area contributed by atoms with Crippen molar-refractivity contribution >= 4 is 5.97 Å². The molecule has 4 heteroatoms. The number of carboxylic acid groups (broad SMARTS) is 1. The minimum absolute atomic E-state index is 0.338. The van der Waals surface area contributed by atoms with Gasteiger partial charge in [-0.3, -0.25) is 0 Å². The first-order valence-corrected chi connectivity index (χ1v) is 6.47. The number of hydrogen-bond donors (Lipinski definition) is 1. The molecule has 1 N–H and O–H groups in total. The Kier molecular flexibility index (Phi) is 2.66. The molecule has 1 saturated carbocycles. The molecular weight excluding hydrogens is 240 g/mol. The van der Waals surface area contributed by atoms with E-state index >= 15 is 0 Å². The number of carbonyl (C=O) groups is 1. The van der Waals surface area contributed by atoms with Crippen LogP contribution in [0.5, 0.6) is 0 Å². The summed E-state index contributed by atoms with van der Waals surface area (Å²) in [6.07, 6.45) is 3.58. The fourth-order valence-corrected chi connectivity index (χ4v) is 2.59. The molecule has 98 valence electrons. The smallest absolute Gasteiger partial charge is 0.339 e. The molecule has 2 aromatic rings. The van der Waals surface area contributed by atoms with Crippen molar-refractivity contribution in [2.75, 3.05) is 0 Å². The number of aryl methyl sites for hydroxylation is 2. The van der Waals surface area contributed by atoms with Gasteiger partial charge in [0.25, 0.3) is 0 Å². The van der Waals surface area contributed by atoms with Crippen molar-refractivity contribution in [3.63, 3.8) is 0 Å². The van der Waals surface area contributed by atoms with Crippen LogP contribution in [0.2, 0.25) is 0 Å². The van der Waals surface area contributed by atoms with Crippen LogP contribution in [0.25, 0.3) is 5.69 Å². The maximum Gasteiger partial charge on any atom is 0.339 e. The Morgan fingerprint density at radius 2 is 1.95 bits per heavy atom. The first-order valence-electron chi connectivity index (χ1n) is 6.47. The first kappa shape index (κ1) is 12.0. The summed E-state index contributed by atoms with van der Waals surface area (Å²) in [4.78, 5) is 11.3. The van der Waals surface area contributed by atoms with E-state index in [1.165, 1.54) is 6.20 Å². The van der Waals surface area contributed by atoms with Crippen LogP contribution in [0.4, 0.5) is 0 Å². The molecule has 0 bridgehead atoms. The Morgan fingerprint density at radius 1 is 1.32 bits per heavy atom. The quantitative estimate of drug-likeness (QED) is 0.918. The highest BCUT2D eigenvalue weighted by molar-refractivity contribution is 5.89. The van der Waals surface area contributed by atoms with Gasteiger partial charge in [0.15, 0.2) is 0 Å². The second-order valence-corrected chi connectivity index (χ2v) is 5.18. The van der Waals surface area contributed by atoms with Gasteiger partial charge in [-0.15, -0.1) is 0 Å². The summed E-state index contributed by atoms with van der Waals surface area (Å²) < 4.78 is 1.83. The fourth-order valence-electron chi connectivity index (χ4n) is 2.59. The summed E-state index contributed by atoms with van der Waals surface area (Å²) >= 11 is 0. The molecule has 0 amide bonds. The lowest BCUT2D eigenvalue weighted by atomic mass is 10.1. The van der Waals surface area contributed by atoms with E-state index in [4.69, 9.17) is 0 Å². The van der Waals surface area contributed by atoms with Crippen LogP contribution in [-0.2, 0) is 0 Å². The van der Waals surface area contributed by atoms with E-state index in [1.54, 1.807) is 0 Å². The van der Waals surface area contributed by atoms with Gasteiger partial charge in [-0.1, -0.05) is 18.2 Å². The minimum atomic E-state index is -0.889. The summed E-state index contributed by atoms with van der Waals surface area (Å²) in [6.45, 7) is 4.06. The number of hydrogen-bond acceptors (Lipinski definition) is 2. The molecule has 4 nitrogen and oxygen atoms in total. The number of nitrogens with zero attached hydrogens (tertiary/aromatic N) is 2. The number of aromatic carboxylic acids is 1. The summed E-state index contributed by atoms with van der Waals surface area (Å²) in [5.74, 6) is -0.549. The maximum absolute atomic E-state index is 11.3. The van der Waals surface area contributed by atoms with Crippen molar-refractivity contribution in [2.45, 2.75) is 32.6 Å². The number of rotatable bonds is 3. The highest BCUT2D eigenvalue weighted by atomic mass is 16.4. The normalized spacial score (nSPS) is 14.6. The Morgan fingerprint density at radius 3 is 2.47 bits per heavy atom. The van der Waals surface area contributed by atoms with Crippen molar-refractivity contribution in [1.82, 2.24) is 9.78 Å². The van der Waals surface area contributed by atoms with Crippen molar-refractivity contribution in [3.05, 3.63) is 46.8 Å². The standard InChI is InChI=1S/C15H16N2O2/c1-9-4-3-5-10(2)13(9)17-14(11-6-7-11)12(8-16-17)15(18)19/h3-5,8,11H,6-7H2,1-2H3,(H,18,19). The largest absolute Gasteiger partial charge is 0.478 e. The lowest BCUT2D eigenvalue weighted by Gasteiger charge is -2.13. The molecule has 1 fully saturated rings. The van der Waals surface area contributed by atoms with Crippen molar-refractivity contribution in [1.29, 1.82) is 0 Å². The molecular formula is C15H16N2O2. The molecule has 1 aliphatic rings. The SMILES string of the molecule is Cc1cccc(C)c1-n1ncc(C(=O)O)c1C1CC1. The van der Waals surface area contributed by atoms with Crippen LogP contribution in [0.3, 0.4) is 0 Å². The van der Waals surface area contributed by atoms with E-state index in [1.807, 2.05) is 36.7 Å². The molecule has 1 aromatic carbocycles. The predicted octanol–water partition coefficient (Wildman–Crippen LogP) is 3.06. The molecule has 0 spiro atoms. The van der Waals surface area contributed by atoms with Gasteiger partial charge < -0.3 is 5.11 Å². The molecule has 0 atom stereocenters. The fraction of sp³-hybridized carbons (Fsp3) is 0.333. The summed E-state index contributed by atoms with van der Waals surface area (Å²) in [5, 5.41) is 13.6. The van der Waals surface area contributed by atoms with Gasteiger partial charge in [-0.25, -0.2) is 9.48 Å². The van der Waals surface area contributed by atoms with Crippen LogP contribution >= 0.6 is 0 Å². The summed E-state index contributed by atoms with van der Waals surface area (Å²) in [6, 6.07) is 6.06. The molecule has 1 aromatic heterocycles. The molecule has 3 rings (SSSR count). The van der Waals surface area contributed by atoms with E-state index in [9.17, 15) is 9.90 Å². The Bertz CT molecular complexity index is 634. The molecule has 0 saturated heterocycles. The van der Waals surface area contributed by atoms with Crippen LogP contribution in [0.15, 0.2) is 24.4 Å². The van der Waals surface area contributed by atoms with Crippen LogP contribution in [0, 0.1) is 13.8 Å². The highest BCUT2D eigenvalue weighted by Crippen LogP contribution is 2.43. The second-order valence-electron chi connectivity index (χ2n) is 5.18. The lowest BCUT2D eigenvalue weighted by Crippen LogP contribution is -2.08. The van der Waals surface area contributed by atoms with Crippen LogP contribution < -0.4 is 0 Å². The van der Waals surface area contributed by atoms with Gasteiger partial charge in [0, 0.05) is 5.92 Å². The third-order valence-corrected chi connectivity index (χ3v) is 3.65. The zero-order valence-corrected chi connectivity index (χ0v) is 11.1. The molecule has 1 aliphatic carbocycles. The summed E-state index contributed by atoms with van der Waals surface area (Å²) in [7, 11) is 0. The Hall–Kier alpha value is -2.10. The van der Waals surface area contributed by atoms with Gasteiger partial charge >= 0.3 is 5.97 Å². The van der Waals surface area contributed by atoms with Crippen molar-refractivity contribution in [2.24, 2.45) is 0 Å². The Balaban J connectivity index is 2.23. The topological polar surface area (TPSA) is 55.1 Å². The third kappa shape index (κ3) is 1.93. The average Bonchev–Trinajstić information content (AvgIpc) is 3.09. The van der Waals surface area contributed by atoms with E-state index in [-0.39, 0.29) is 0 Å². The van der Waals surface area contributed by atoms with Crippen LogP contribution in [-0.4, -0.2) is 20.9 Å². The van der Waals surface area contributed by atoms with E-state index in [0.29, 0.717) is 11.5 Å². The monoisotopic (exact) mass is 256 g/mol. The maximum atomic E-state index is 11.3. The van der Waals surface area contributed by atoms with Crippen molar-refractivity contribution in [3.8, 4) is 5.69 Å². The van der Waals surface area contributed by atoms with Gasteiger partial charge in [-0.05, 0) is 37.8 Å². The molecule has 1 heterocycles. The molecule has 0 radical (unpaired) electrons. The van der Waals surface area contributed by atoms with E-state index in [0.717, 1.165) is 35.3 Å². The lowest BCUT2D eigenvalue weighted by molar-refractivity contribution is 0.0695. The summed E-state index contributed by atoms with van der Waals surface area (Å²) in [5.41, 5.74) is 4.43. The van der Waals surface area contributed by atoms with Gasteiger partial charge in [0.05, 0.1) is 17.6 Å².